The molecule has 0 radical (unpaired) electrons. The number of hydrogen-bond donors (Lipinski definition) is 0. The Balaban J connectivity index is 1.20. The molecule has 0 N–H and O–H groups in total. The van der Waals surface area contributed by atoms with Gasteiger partial charge in [0.15, 0.2) is 0 Å². The molecule has 0 atom stereocenters. The van der Waals surface area contributed by atoms with E-state index in [1.54, 1.807) is 12.0 Å². The summed E-state index contributed by atoms with van der Waals surface area (Å²) in [5.41, 5.74) is 4.80. The lowest BCUT2D eigenvalue weighted by molar-refractivity contribution is -0.140. The van der Waals surface area contributed by atoms with Crippen LogP contribution in [-0.4, -0.2) is 121 Å². The summed E-state index contributed by atoms with van der Waals surface area (Å²) in [7, 11) is 1.64. The molecule has 1 saturated heterocycles. The third kappa shape index (κ3) is 9.48. The second-order valence-corrected chi connectivity index (χ2v) is 10.6. The summed E-state index contributed by atoms with van der Waals surface area (Å²) >= 11 is 0. The van der Waals surface area contributed by atoms with Crippen molar-refractivity contribution in [3.05, 3.63) is 59.7 Å². The van der Waals surface area contributed by atoms with Gasteiger partial charge in [0, 0.05) is 45.3 Å². The topological polar surface area (TPSA) is 96.0 Å². The number of methoxy groups -OCH3 is 1. The minimum absolute atomic E-state index is 0.00897. The number of hydrogen-bond acceptors (Lipinski definition) is 8. The van der Waals surface area contributed by atoms with Crippen molar-refractivity contribution in [2.24, 2.45) is 0 Å². The van der Waals surface area contributed by atoms with Crippen LogP contribution >= 0.6 is 0 Å². The van der Waals surface area contributed by atoms with Crippen LogP contribution in [0, 0.1) is 0 Å². The van der Waals surface area contributed by atoms with Gasteiger partial charge in [-0.05, 0) is 42.0 Å². The number of benzene rings is 2. The number of rotatable bonds is 18. The quantitative estimate of drug-likeness (QED) is 0.238. The summed E-state index contributed by atoms with van der Waals surface area (Å²) in [4.78, 5) is 29.6. The molecule has 4 rings (SSSR count). The van der Waals surface area contributed by atoms with E-state index >= 15 is 0 Å². The van der Waals surface area contributed by atoms with Crippen LogP contribution < -0.4 is 0 Å². The van der Waals surface area contributed by atoms with Gasteiger partial charge in [-0.3, -0.25) is 4.79 Å². The van der Waals surface area contributed by atoms with Crippen molar-refractivity contribution in [1.82, 2.24) is 9.80 Å². The van der Waals surface area contributed by atoms with Crippen molar-refractivity contribution < 1.29 is 38.0 Å². The first-order valence-electron chi connectivity index (χ1n) is 15.3. The number of ether oxygens (including phenoxy) is 6. The van der Waals surface area contributed by atoms with Crippen molar-refractivity contribution in [3.63, 3.8) is 0 Å². The molecule has 2 aliphatic rings. The van der Waals surface area contributed by atoms with Gasteiger partial charge in [0.05, 0.1) is 46.2 Å². The first-order valence-corrected chi connectivity index (χ1v) is 15.3. The molecule has 1 heterocycles. The van der Waals surface area contributed by atoms with E-state index < -0.39 is 0 Å². The van der Waals surface area contributed by atoms with E-state index in [9.17, 15) is 9.59 Å². The fourth-order valence-corrected chi connectivity index (χ4v) is 5.68. The van der Waals surface area contributed by atoms with E-state index in [4.69, 9.17) is 28.4 Å². The van der Waals surface area contributed by atoms with Crippen molar-refractivity contribution in [3.8, 4) is 11.1 Å². The van der Waals surface area contributed by atoms with E-state index in [1.165, 1.54) is 22.3 Å². The van der Waals surface area contributed by atoms with Gasteiger partial charge in [-0.25, -0.2) is 4.79 Å². The molecule has 43 heavy (non-hydrogen) atoms. The predicted octanol–water partition coefficient (Wildman–Crippen LogP) is 3.96. The molecule has 0 saturated carbocycles. The zero-order chi connectivity index (χ0) is 30.3. The molecule has 0 spiro atoms. The first kappa shape index (κ1) is 32.9. The highest BCUT2D eigenvalue weighted by Crippen LogP contribution is 2.44. The Kier molecular flexibility index (Phi) is 13.7. The molecule has 236 valence electrons. The SMILES string of the molecule is CCOCC(=O)N(CCOCCOCCOCCOC)C1CCN(C(=O)OCC2c3ccccc3-c3ccccc32)CC1. The molecule has 2 amide bonds. The van der Waals surface area contributed by atoms with Crippen LogP contribution in [0.2, 0.25) is 0 Å². The van der Waals surface area contributed by atoms with Crippen molar-refractivity contribution in [2.45, 2.75) is 31.7 Å². The van der Waals surface area contributed by atoms with Gasteiger partial charge < -0.3 is 38.2 Å². The van der Waals surface area contributed by atoms with Crippen molar-refractivity contribution in [2.75, 3.05) is 92.8 Å². The monoisotopic (exact) mass is 598 g/mol. The number of piperidine rings is 1. The second-order valence-electron chi connectivity index (χ2n) is 10.6. The lowest BCUT2D eigenvalue weighted by Gasteiger charge is -2.38. The zero-order valence-electron chi connectivity index (χ0n) is 25.5. The molecule has 2 aromatic rings. The Labute approximate surface area is 255 Å². The third-order valence-corrected chi connectivity index (χ3v) is 7.90. The maximum atomic E-state index is 13.1. The second kappa shape index (κ2) is 17.9. The fourth-order valence-electron chi connectivity index (χ4n) is 5.68. The lowest BCUT2D eigenvalue weighted by Crippen LogP contribution is -2.50. The number of likely N-dealkylation sites (tertiary alicyclic amines) is 1. The Bertz CT molecular complexity index is 1090. The van der Waals surface area contributed by atoms with Crippen LogP contribution in [-0.2, 0) is 33.2 Å². The third-order valence-electron chi connectivity index (χ3n) is 7.90. The summed E-state index contributed by atoms with van der Waals surface area (Å²) in [6, 6.07) is 16.6. The molecule has 1 aliphatic heterocycles. The van der Waals surface area contributed by atoms with Crippen LogP contribution in [0.1, 0.15) is 36.8 Å². The van der Waals surface area contributed by atoms with Crippen LogP contribution in [0.5, 0.6) is 0 Å². The van der Waals surface area contributed by atoms with E-state index in [0.717, 1.165) is 0 Å². The van der Waals surface area contributed by atoms with Crippen molar-refractivity contribution in [1.29, 1.82) is 0 Å². The predicted molar refractivity (Wildman–Crippen MR) is 162 cm³/mol. The molecule has 0 bridgehead atoms. The van der Waals surface area contributed by atoms with E-state index in [-0.39, 0.29) is 30.6 Å². The number of carbonyl (C=O) groups excluding carboxylic acids is 2. The van der Waals surface area contributed by atoms with E-state index in [0.29, 0.717) is 91.9 Å². The average Bonchev–Trinajstić information content (AvgIpc) is 3.36. The smallest absolute Gasteiger partial charge is 0.409 e. The summed E-state index contributed by atoms with van der Waals surface area (Å²) in [5, 5.41) is 0. The van der Waals surface area contributed by atoms with E-state index in [1.807, 2.05) is 36.1 Å². The number of fused-ring (bicyclic) bond motifs is 3. The standard InChI is InChI=1S/C33H46N2O8/c1-3-39-25-32(36)35(16-17-40-20-21-42-23-22-41-19-18-38-2)26-12-14-34(15-13-26)33(37)43-24-31-29-10-6-4-8-27(29)28-9-5-7-11-30(28)31/h4-11,26,31H,3,12-25H2,1-2H3. The number of carbonyl (C=O) groups is 2. The maximum absolute atomic E-state index is 13.1. The van der Waals surface area contributed by atoms with Gasteiger partial charge in [-0.15, -0.1) is 0 Å². The molecular weight excluding hydrogens is 552 g/mol. The number of amides is 2. The molecule has 1 aliphatic carbocycles. The molecular formula is C33H46N2O8. The Hall–Kier alpha value is -3.02. The Morgan fingerprint density at radius 3 is 1.93 bits per heavy atom. The van der Waals surface area contributed by atoms with Crippen molar-refractivity contribution >= 4 is 12.0 Å². The van der Waals surface area contributed by atoms with Gasteiger partial charge in [0.2, 0.25) is 5.91 Å². The summed E-state index contributed by atoms with van der Waals surface area (Å²) < 4.78 is 32.8. The van der Waals surface area contributed by atoms with Crippen LogP contribution in [0.3, 0.4) is 0 Å². The molecule has 2 aromatic carbocycles. The zero-order valence-corrected chi connectivity index (χ0v) is 25.5. The highest BCUT2D eigenvalue weighted by Gasteiger charge is 2.32. The maximum Gasteiger partial charge on any atom is 0.409 e. The highest BCUT2D eigenvalue weighted by atomic mass is 16.6. The largest absolute Gasteiger partial charge is 0.448 e. The summed E-state index contributed by atoms with van der Waals surface area (Å²) in [6.07, 6.45) is 1.04. The molecule has 10 heteroatoms. The van der Waals surface area contributed by atoms with Gasteiger partial charge in [0.25, 0.3) is 0 Å². The Morgan fingerprint density at radius 2 is 1.35 bits per heavy atom. The van der Waals surface area contributed by atoms with Crippen LogP contribution in [0.25, 0.3) is 11.1 Å². The van der Waals surface area contributed by atoms with Gasteiger partial charge >= 0.3 is 6.09 Å². The van der Waals surface area contributed by atoms with Gasteiger partial charge in [0.1, 0.15) is 13.2 Å². The molecule has 1 fully saturated rings. The fraction of sp³-hybridized carbons (Fsp3) is 0.576. The lowest BCUT2D eigenvalue weighted by atomic mass is 9.98. The number of nitrogens with zero attached hydrogens (tertiary/aromatic N) is 2. The minimum atomic E-state index is -0.306. The van der Waals surface area contributed by atoms with E-state index in [2.05, 4.69) is 24.3 Å². The average molecular weight is 599 g/mol. The van der Waals surface area contributed by atoms with Gasteiger partial charge in [-0.2, -0.15) is 0 Å². The van der Waals surface area contributed by atoms with Gasteiger partial charge in [-0.1, -0.05) is 48.5 Å². The summed E-state index contributed by atoms with van der Waals surface area (Å²) in [6.45, 7) is 7.61. The normalized spacial score (nSPS) is 14.9. The molecule has 0 unspecified atom stereocenters. The van der Waals surface area contributed by atoms with Crippen LogP contribution in [0.15, 0.2) is 48.5 Å². The molecule has 0 aromatic heterocycles. The van der Waals surface area contributed by atoms with Crippen LogP contribution in [0.4, 0.5) is 4.79 Å². The minimum Gasteiger partial charge on any atom is -0.448 e. The Morgan fingerprint density at radius 1 is 0.791 bits per heavy atom. The molecule has 10 nitrogen and oxygen atoms in total. The summed E-state index contributed by atoms with van der Waals surface area (Å²) in [5.74, 6) is -0.0327. The highest BCUT2D eigenvalue weighted by molar-refractivity contribution is 5.79. The first-order chi connectivity index (χ1) is 21.1.